The minimum absolute atomic E-state index is 0.235. The summed E-state index contributed by atoms with van der Waals surface area (Å²) in [5.74, 6) is 0. The van der Waals surface area contributed by atoms with Gasteiger partial charge in [0, 0.05) is 0 Å². The molecule has 0 aromatic carbocycles. The van der Waals surface area contributed by atoms with Crippen LogP contribution in [0, 0.1) is 0 Å². The van der Waals surface area contributed by atoms with E-state index in [0.29, 0.717) is 17.7 Å². The molecule has 2 saturated heterocycles. The fraction of sp³-hybridized carbons (Fsp3) is 1.00. The Morgan fingerprint density at radius 1 is 0.923 bits per heavy atom. The van der Waals surface area contributed by atoms with E-state index in [-0.39, 0.29) is 24.6 Å². The van der Waals surface area contributed by atoms with E-state index in [4.69, 9.17) is 23.3 Å². The molecule has 0 bridgehead atoms. The van der Waals surface area contributed by atoms with Crippen LogP contribution in [0.3, 0.4) is 0 Å². The average Bonchev–Trinajstić information content (AvgIpc) is 2.81. The summed E-state index contributed by atoms with van der Waals surface area (Å²) in [6.07, 6.45) is -1.48. The molecule has 9 heteroatoms. The van der Waals surface area contributed by atoms with Gasteiger partial charge in [0.25, 0.3) is 0 Å². The predicted molar refractivity (Wildman–Crippen MR) is 110 cm³/mol. The first kappa shape index (κ1) is 22.5. The molecule has 2 aliphatic rings. The highest BCUT2D eigenvalue weighted by atomic mass is 28.5. The Morgan fingerprint density at radius 2 is 1.42 bits per heavy atom. The number of nitrogens with two attached hydrogens (primary N) is 1. The summed E-state index contributed by atoms with van der Waals surface area (Å²) in [7, 11) is -4.98. The third-order valence-electron chi connectivity index (χ3n) is 6.00. The second kappa shape index (κ2) is 8.32. The van der Waals surface area contributed by atoms with Crippen molar-refractivity contribution in [3.05, 3.63) is 0 Å². The summed E-state index contributed by atoms with van der Waals surface area (Å²) in [6, 6.07) is -0.410. The lowest BCUT2D eigenvalue weighted by molar-refractivity contribution is -0.0320. The molecule has 2 fully saturated rings. The fourth-order valence-corrected chi connectivity index (χ4v) is 15.6. The maximum atomic E-state index is 10.7. The predicted octanol–water partition coefficient (Wildman–Crippen LogP) is 2.34. The molecule has 3 N–H and O–H groups in total. The molecule has 2 unspecified atom stereocenters. The van der Waals surface area contributed by atoms with Crippen LogP contribution < -0.4 is 5.64 Å². The molecule has 2 heterocycles. The molecule has 6 nitrogen and oxygen atoms in total. The van der Waals surface area contributed by atoms with Gasteiger partial charge >= 0.3 is 17.1 Å². The summed E-state index contributed by atoms with van der Waals surface area (Å²) >= 11 is 0. The highest BCUT2D eigenvalue weighted by molar-refractivity contribution is 6.84. The second-order valence-corrected chi connectivity index (χ2v) is 17.8. The Bertz CT molecular complexity index is 464. The summed E-state index contributed by atoms with van der Waals surface area (Å²) in [5, 5.41) is 10.7. The lowest BCUT2D eigenvalue weighted by atomic mass is 9.83. The van der Waals surface area contributed by atoms with E-state index in [1.54, 1.807) is 0 Å². The van der Waals surface area contributed by atoms with E-state index in [0.717, 1.165) is 0 Å². The van der Waals surface area contributed by atoms with Crippen LogP contribution in [0.15, 0.2) is 0 Å². The summed E-state index contributed by atoms with van der Waals surface area (Å²) < 4.78 is 26.5. The van der Waals surface area contributed by atoms with E-state index in [1.165, 1.54) is 0 Å². The van der Waals surface area contributed by atoms with Crippen molar-refractivity contribution < 1.29 is 22.8 Å². The van der Waals surface area contributed by atoms with Crippen molar-refractivity contribution in [1.82, 2.24) is 0 Å². The largest absolute Gasteiger partial charge is 0.414 e. The van der Waals surface area contributed by atoms with Crippen LogP contribution in [0.1, 0.15) is 55.4 Å². The number of aliphatic hydroxyl groups excluding tert-OH is 1. The molecule has 0 amide bonds. The minimum Gasteiger partial charge on any atom is -0.414 e. The highest BCUT2D eigenvalue weighted by Gasteiger charge is 2.61. The average molecular weight is 403 g/mol. The zero-order chi connectivity index (χ0) is 19.9. The van der Waals surface area contributed by atoms with Crippen molar-refractivity contribution in [2.45, 2.75) is 102 Å². The minimum atomic E-state index is -2.70. The van der Waals surface area contributed by atoms with Gasteiger partial charge in [-0.1, -0.05) is 55.4 Å². The van der Waals surface area contributed by atoms with Crippen molar-refractivity contribution in [2.24, 2.45) is 5.64 Å². The van der Waals surface area contributed by atoms with Crippen molar-refractivity contribution >= 4 is 24.5 Å². The molecule has 0 aromatic rings. The first-order chi connectivity index (χ1) is 12.0. The fourth-order valence-electron chi connectivity index (χ4n) is 4.43. The monoisotopic (exact) mass is 403 g/mol. The van der Waals surface area contributed by atoms with Crippen molar-refractivity contribution in [1.29, 1.82) is 0 Å². The molecular weight excluding hydrogens is 365 g/mol. The van der Waals surface area contributed by atoms with Gasteiger partial charge in [-0.3, -0.25) is 0 Å². The van der Waals surface area contributed by atoms with E-state index >= 15 is 0 Å². The zero-order valence-corrected chi connectivity index (χ0v) is 19.7. The number of aliphatic hydroxyl groups is 1. The standard InChI is InChI=1S/C17H38BNO5Si2/c1-10(2)25(11(3)4)21-9-14-16(15(20)17(18-19)22-14)23-26(24-25,12(5)6)13(7)8/h10-18,20H,9,19H2,1-8H3/t14-,15?,16?,17-/m1/s1. The molecule has 0 radical (unpaired) electrons. The Hall–Kier alpha value is 0.259. The molecule has 0 aromatic heterocycles. The number of hydrogen-bond donors (Lipinski definition) is 2. The van der Waals surface area contributed by atoms with Gasteiger partial charge in [0.15, 0.2) is 0 Å². The normalized spacial score (nSPS) is 34.2. The van der Waals surface area contributed by atoms with Gasteiger partial charge in [-0.15, -0.1) is 0 Å². The topological polar surface area (TPSA) is 83.2 Å². The molecule has 2 aliphatic heterocycles. The lowest BCUT2D eigenvalue weighted by Crippen LogP contribution is -2.65. The molecule has 152 valence electrons. The molecule has 4 atom stereocenters. The molecule has 0 aliphatic carbocycles. The number of hydrogen-bond acceptors (Lipinski definition) is 6. The van der Waals surface area contributed by atoms with Gasteiger partial charge in [0.2, 0.25) is 7.41 Å². The van der Waals surface area contributed by atoms with Gasteiger partial charge in [-0.25, -0.2) is 0 Å². The van der Waals surface area contributed by atoms with Crippen LogP contribution in [0.2, 0.25) is 22.2 Å². The van der Waals surface area contributed by atoms with Crippen molar-refractivity contribution in [3.8, 4) is 0 Å². The summed E-state index contributed by atoms with van der Waals surface area (Å²) in [4.78, 5) is 0. The summed E-state index contributed by atoms with van der Waals surface area (Å²) in [6.45, 7) is 17.8. The highest BCUT2D eigenvalue weighted by Crippen LogP contribution is 2.47. The van der Waals surface area contributed by atoms with Gasteiger partial charge < -0.3 is 28.5 Å². The number of rotatable bonds is 5. The van der Waals surface area contributed by atoms with Gasteiger partial charge in [-0.05, 0) is 22.2 Å². The zero-order valence-electron chi connectivity index (χ0n) is 17.7. The lowest BCUT2D eigenvalue weighted by Gasteiger charge is -2.51. The summed E-state index contributed by atoms with van der Waals surface area (Å²) in [5.41, 5.74) is 6.86. The SMILES string of the molecule is CC(C)[Si]1(C(C)C)OC[C@H]2O[C@@H](BN)C(O)C2O[Si](C(C)C)(C(C)C)O1. The number of ether oxygens (including phenoxy) is 1. The third-order valence-corrected chi connectivity index (χ3v) is 16.2. The van der Waals surface area contributed by atoms with Crippen LogP contribution in [-0.2, 0) is 17.7 Å². The maximum Gasteiger partial charge on any atom is 0.335 e. The maximum absolute atomic E-state index is 10.7. The molecular formula is C17H38BNO5Si2. The Morgan fingerprint density at radius 3 is 1.85 bits per heavy atom. The Kier molecular flexibility index (Phi) is 7.22. The molecule has 0 saturated carbocycles. The van der Waals surface area contributed by atoms with Crippen LogP contribution in [0.25, 0.3) is 0 Å². The van der Waals surface area contributed by atoms with E-state index in [9.17, 15) is 5.11 Å². The van der Waals surface area contributed by atoms with Crippen molar-refractivity contribution in [3.63, 3.8) is 0 Å². The van der Waals surface area contributed by atoms with Crippen LogP contribution >= 0.6 is 0 Å². The van der Waals surface area contributed by atoms with E-state index in [2.05, 4.69) is 55.4 Å². The van der Waals surface area contributed by atoms with E-state index in [1.807, 2.05) is 0 Å². The molecule has 0 spiro atoms. The van der Waals surface area contributed by atoms with Gasteiger partial charge in [-0.2, -0.15) is 0 Å². The van der Waals surface area contributed by atoms with Crippen molar-refractivity contribution in [2.75, 3.05) is 6.61 Å². The van der Waals surface area contributed by atoms with Crippen LogP contribution in [0.4, 0.5) is 0 Å². The van der Waals surface area contributed by atoms with Gasteiger partial charge in [0.1, 0.15) is 18.3 Å². The number of fused-ring (bicyclic) bond motifs is 1. The first-order valence-corrected chi connectivity index (χ1v) is 14.0. The quantitative estimate of drug-likeness (QED) is 0.686. The van der Waals surface area contributed by atoms with Crippen LogP contribution in [0.5, 0.6) is 0 Å². The Labute approximate surface area is 161 Å². The first-order valence-electron chi connectivity index (χ1n) is 10.1. The smallest absolute Gasteiger partial charge is 0.335 e. The Balaban J connectivity index is 2.52. The van der Waals surface area contributed by atoms with E-state index < -0.39 is 35.3 Å². The third kappa shape index (κ3) is 3.74. The van der Waals surface area contributed by atoms with Gasteiger partial charge in [0.05, 0.1) is 12.6 Å². The molecule has 26 heavy (non-hydrogen) atoms. The molecule has 2 rings (SSSR count). The van der Waals surface area contributed by atoms with Crippen LogP contribution in [-0.4, -0.2) is 60.6 Å². The second-order valence-electron chi connectivity index (χ2n) is 9.00.